The maximum atomic E-state index is 13.8. The van der Waals surface area contributed by atoms with E-state index < -0.39 is 0 Å². The van der Waals surface area contributed by atoms with Crippen LogP contribution in [0.1, 0.15) is 73.4 Å². The summed E-state index contributed by atoms with van der Waals surface area (Å²) in [6.07, 6.45) is 3.93. The third-order valence-electron chi connectivity index (χ3n) is 6.74. The van der Waals surface area contributed by atoms with Crippen molar-refractivity contribution >= 4 is 16.8 Å². The van der Waals surface area contributed by atoms with Crippen LogP contribution in [0.4, 0.5) is 0 Å². The molecule has 0 bridgehead atoms. The number of aromatic nitrogens is 2. The average Bonchev–Trinajstić information content (AvgIpc) is 2.90. The van der Waals surface area contributed by atoms with Gasteiger partial charge in [-0.3, -0.25) is 14.2 Å². The molecule has 1 aromatic heterocycles. The van der Waals surface area contributed by atoms with Gasteiger partial charge in [0.2, 0.25) is 0 Å². The molecule has 36 heavy (non-hydrogen) atoms. The summed E-state index contributed by atoms with van der Waals surface area (Å²) in [6.45, 7) is 8.71. The minimum absolute atomic E-state index is 0.0513. The molecule has 0 N–H and O–H groups in total. The summed E-state index contributed by atoms with van der Waals surface area (Å²) in [7, 11) is 0. The van der Waals surface area contributed by atoms with Gasteiger partial charge in [-0.2, -0.15) is 0 Å². The Morgan fingerprint density at radius 3 is 2.39 bits per heavy atom. The number of unbranched alkanes of at least 4 members (excludes halogenated alkanes) is 1. The first-order valence-electron chi connectivity index (χ1n) is 13.0. The Balaban J connectivity index is 1.82. The van der Waals surface area contributed by atoms with Gasteiger partial charge in [-0.25, -0.2) is 4.98 Å². The summed E-state index contributed by atoms with van der Waals surface area (Å²) < 4.78 is 1.69. The van der Waals surface area contributed by atoms with Crippen molar-refractivity contribution < 1.29 is 4.79 Å². The van der Waals surface area contributed by atoms with E-state index in [1.807, 2.05) is 86.3 Å². The summed E-state index contributed by atoms with van der Waals surface area (Å²) in [5.74, 6) is 0.533. The minimum atomic E-state index is -0.361. The zero-order chi connectivity index (χ0) is 25.7. The van der Waals surface area contributed by atoms with Gasteiger partial charge >= 0.3 is 0 Å². The number of para-hydroxylation sites is 1. The van der Waals surface area contributed by atoms with Crippen molar-refractivity contribution in [3.63, 3.8) is 0 Å². The molecule has 0 aliphatic carbocycles. The van der Waals surface area contributed by atoms with E-state index in [0.717, 1.165) is 30.5 Å². The Labute approximate surface area is 213 Å². The van der Waals surface area contributed by atoms with Crippen LogP contribution < -0.4 is 5.56 Å². The molecule has 0 radical (unpaired) electrons. The standard InChI is InChI=1S/C31H35N3O2/c1-5-8-13-23-17-19-24(20-18-23)30(35)33(7-3)28(6-2)29-32-27-16-10-9-15-26(27)31(36)34(29)25-14-11-12-22(4)21-25/h9-12,14-21,28H,5-8,13H2,1-4H3. The number of carbonyl (C=O) groups excluding carboxylic acids is 1. The number of fused-ring (bicyclic) bond motifs is 1. The first-order chi connectivity index (χ1) is 17.5. The van der Waals surface area contributed by atoms with Crippen LogP contribution in [-0.4, -0.2) is 26.9 Å². The van der Waals surface area contributed by atoms with Crippen molar-refractivity contribution in [1.29, 1.82) is 0 Å². The van der Waals surface area contributed by atoms with Gasteiger partial charge < -0.3 is 4.90 Å². The number of hydrogen-bond acceptors (Lipinski definition) is 3. The van der Waals surface area contributed by atoms with Crippen LogP contribution in [0.5, 0.6) is 0 Å². The molecule has 4 rings (SSSR count). The van der Waals surface area contributed by atoms with Crippen molar-refractivity contribution in [3.8, 4) is 5.69 Å². The predicted molar refractivity (Wildman–Crippen MR) is 147 cm³/mol. The number of rotatable bonds is 9. The first kappa shape index (κ1) is 25.4. The van der Waals surface area contributed by atoms with Gasteiger partial charge in [0.05, 0.1) is 22.6 Å². The van der Waals surface area contributed by atoms with Crippen LogP contribution in [0.25, 0.3) is 16.6 Å². The molecule has 0 saturated heterocycles. The van der Waals surface area contributed by atoms with E-state index in [-0.39, 0.29) is 17.5 Å². The van der Waals surface area contributed by atoms with Crippen molar-refractivity contribution in [2.75, 3.05) is 6.54 Å². The van der Waals surface area contributed by atoms with Crippen LogP contribution in [0.3, 0.4) is 0 Å². The Bertz CT molecular complexity index is 1410. The molecule has 4 aromatic rings. The molecule has 1 atom stereocenters. The third kappa shape index (κ3) is 5.11. The summed E-state index contributed by atoms with van der Waals surface area (Å²) in [6, 6.07) is 22.9. The number of carbonyl (C=O) groups is 1. The van der Waals surface area contributed by atoms with Gasteiger partial charge in [0.25, 0.3) is 11.5 Å². The van der Waals surface area contributed by atoms with Gasteiger partial charge in [-0.1, -0.05) is 56.7 Å². The number of nitrogens with zero attached hydrogens (tertiary/aromatic N) is 3. The molecule has 3 aromatic carbocycles. The molecule has 0 saturated carbocycles. The van der Waals surface area contributed by atoms with E-state index in [1.54, 1.807) is 4.57 Å². The number of amides is 1. The zero-order valence-electron chi connectivity index (χ0n) is 21.7. The molecule has 5 heteroatoms. The van der Waals surface area contributed by atoms with E-state index in [9.17, 15) is 9.59 Å². The van der Waals surface area contributed by atoms with Crippen molar-refractivity contribution in [2.45, 2.75) is 59.4 Å². The van der Waals surface area contributed by atoms with Gasteiger partial charge in [-0.15, -0.1) is 0 Å². The van der Waals surface area contributed by atoms with E-state index >= 15 is 0 Å². The van der Waals surface area contributed by atoms with Crippen LogP contribution in [0.2, 0.25) is 0 Å². The van der Waals surface area contributed by atoms with Crippen molar-refractivity contribution in [3.05, 3.63) is 106 Å². The highest BCUT2D eigenvalue weighted by molar-refractivity contribution is 5.94. The van der Waals surface area contributed by atoms with Crippen molar-refractivity contribution in [1.82, 2.24) is 14.5 Å². The average molecular weight is 482 g/mol. The second-order valence-electron chi connectivity index (χ2n) is 9.28. The lowest BCUT2D eigenvalue weighted by molar-refractivity contribution is 0.0672. The van der Waals surface area contributed by atoms with Gasteiger partial charge in [-0.05, 0) is 80.6 Å². The monoisotopic (exact) mass is 481 g/mol. The molecule has 186 valence electrons. The quantitative estimate of drug-likeness (QED) is 0.269. The summed E-state index contributed by atoms with van der Waals surface area (Å²) in [4.78, 5) is 34.3. The van der Waals surface area contributed by atoms with Crippen LogP contribution in [0.15, 0.2) is 77.6 Å². The largest absolute Gasteiger partial charge is 0.329 e. The minimum Gasteiger partial charge on any atom is -0.329 e. The van der Waals surface area contributed by atoms with Gasteiger partial charge in [0.15, 0.2) is 0 Å². The molecular weight excluding hydrogens is 446 g/mol. The SMILES string of the molecule is CCCCc1ccc(C(=O)N(CC)C(CC)c2nc3ccccc3c(=O)n2-c2cccc(C)c2)cc1. The Morgan fingerprint density at radius 1 is 0.972 bits per heavy atom. The molecule has 1 unspecified atom stereocenters. The Hall–Kier alpha value is -3.73. The molecule has 0 fully saturated rings. The summed E-state index contributed by atoms with van der Waals surface area (Å²) in [5.41, 5.74) is 4.23. The van der Waals surface area contributed by atoms with E-state index in [2.05, 4.69) is 19.1 Å². The van der Waals surface area contributed by atoms with Gasteiger partial charge in [0.1, 0.15) is 5.82 Å². The lowest BCUT2D eigenvalue weighted by Crippen LogP contribution is -2.38. The Kier molecular flexibility index (Phi) is 7.99. The number of hydrogen-bond donors (Lipinski definition) is 0. The fourth-order valence-electron chi connectivity index (χ4n) is 4.80. The molecule has 1 amide bonds. The molecular formula is C31H35N3O2. The highest BCUT2D eigenvalue weighted by Crippen LogP contribution is 2.27. The van der Waals surface area contributed by atoms with Crippen LogP contribution >= 0.6 is 0 Å². The smallest absolute Gasteiger partial charge is 0.266 e. The number of benzene rings is 3. The second kappa shape index (κ2) is 11.3. The molecule has 0 spiro atoms. The second-order valence-corrected chi connectivity index (χ2v) is 9.28. The van der Waals surface area contributed by atoms with Crippen LogP contribution in [-0.2, 0) is 6.42 Å². The third-order valence-corrected chi connectivity index (χ3v) is 6.74. The fraction of sp³-hybridized carbons (Fsp3) is 0.323. The van der Waals surface area contributed by atoms with E-state index in [1.165, 1.54) is 5.56 Å². The van der Waals surface area contributed by atoms with E-state index in [4.69, 9.17) is 4.98 Å². The number of aryl methyl sites for hydroxylation is 2. The van der Waals surface area contributed by atoms with E-state index in [0.29, 0.717) is 35.3 Å². The van der Waals surface area contributed by atoms with Gasteiger partial charge in [0, 0.05) is 12.1 Å². The lowest BCUT2D eigenvalue weighted by atomic mass is 10.0. The topological polar surface area (TPSA) is 55.2 Å². The summed E-state index contributed by atoms with van der Waals surface area (Å²) >= 11 is 0. The maximum Gasteiger partial charge on any atom is 0.266 e. The zero-order valence-corrected chi connectivity index (χ0v) is 21.7. The predicted octanol–water partition coefficient (Wildman–Crippen LogP) is 6.65. The molecule has 0 aliphatic heterocycles. The highest BCUT2D eigenvalue weighted by Gasteiger charge is 2.28. The van der Waals surface area contributed by atoms with Crippen molar-refractivity contribution in [2.24, 2.45) is 0 Å². The normalized spacial score (nSPS) is 12.0. The Morgan fingerprint density at radius 2 is 1.72 bits per heavy atom. The van der Waals surface area contributed by atoms with Crippen LogP contribution in [0, 0.1) is 6.92 Å². The molecule has 5 nitrogen and oxygen atoms in total. The molecule has 0 aliphatic rings. The lowest BCUT2D eigenvalue weighted by Gasteiger charge is -2.31. The first-order valence-corrected chi connectivity index (χ1v) is 13.0. The maximum absolute atomic E-state index is 13.8. The fourth-order valence-corrected chi connectivity index (χ4v) is 4.80. The molecule has 1 heterocycles. The highest BCUT2D eigenvalue weighted by atomic mass is 16.2. The summed E-state index contributed by atoms with van der Waals surface area (Å²) in [5, 5.41) is 0.564.